The fourth-order valence-electron chi connectivity index (χ4n) is 1.94. The van der Waals surface area contributed by atoms with E-state index in [9.17, 15) is 9.59 Å². The first-order valence-corrected chi connectivity index (χ1v) is 8.31. The second-order valence-corrected chi connectivity index (χ2v) is 6.36. The number of piperazine rings is 1. The second kappa shape index (κ2) is 7.60. The molecule has 7 nitrogen and oxygen atoms in total. The summed E-state index contributed by atoms with van der Waals surface area (Å²) in [6.07, 6.45) is 3.39. The van der Waals surface area contributed by atoms with Crippen molar-refractivity contribution in [3.63, 3.8) is 0 Å². The number of aromatic nitrogens is 2. The molecule has 0 atom stereocenters. The van der Waals surface area contributed by atoms with Gasteiger partial charge in [-0.15, -0.1) is 11.8 Å². The SMILES string of the molecule is O=C(O)CSCC(=O)N1CCN(c2ncc(Br)cn2)CC1. The highest BCUT2D eigenvalue weighted by atomic mass is 79.9. The summed E-state index contributed by atoms with van der Waals surface area (Å²) in [7, 11) is 0. The van der Waals surface area contributed by atoms with E-state index in [0.717, 1.165) is 16.2 Å². The van der Waals surface area contributed by atoms with Crippen LogP contribution in [0.25, 0.3) is 0 Å². The smallest absolute Gasteiger partial charge is 0.313 e. The number of carboxylic acid groups (broad SMARTS) is 1. The average Bonchev–Trinajstić information content (AvgIpc) is 2.48. The van der Waals surface area contributed by atoms with E-state index in [1.54, 1.807) is 17.3 Å². The lowest BCUT2D eigenvalue weighted by Gasteiger charge is -2.34. The van der Waals surface area contributed by atoms with Crippen molar-refractivity contribution >= 4 is 45.5 Å². The quantitative estimate of drug-likeness (QED) is 0.811. The molecule has 0 aromatic carbocycles. The minimum absolute atomic E-state index is 0.0161. The molecule has 1 saturated heterocycles. The van der Waals surface area contributed by atoms with Crippen molar-refractivity contribution < 1.29 is 14.7 Å². The molecule has 114 valence electrons. The molecule has 21 heavy (non-hydrogen) atoms. The monoisotopic (exact) mass is 374 g/mol. The van der Waals surface area contributed by atoms with Gasteiger partial charge in [0.25, 0.3) is 0 Å². The van der Waals surface area contributed by atoms with E-state index in [4.69, 9.17) is 5.11 Å². The predicted molar refractivity (Wildman–Crippen MR) is 83.5 cm³/mol. The summed E-state index contributed by atoms with van der Waals surface area (Å²) < 4.78 is 0.829. The Labute approximate surface area is 134 Å². The molecule has 2 rings (SSSR count). The minimum Gasteiger partial charge on any atom is -0.481 e. The van der Waals surface area contributed by atoms with Crippen LogP contribution >= 0.6 is 27.7 Å². The molecule has 1 aliphatic rings. The van der Waals surface area contributed by atoms with Gasteiger partial charge in [0, 0.05) is 38.6 Å². The van der Waals surface area contributed by atoms with Gasteiger partial charge in [0.15, 0.2) is 0 Å². The summed E-state index contributed by atoms with van der Waals surface area (Å²) in [5.74, 6) is -0.0901. The second-order valence-electron chi connectivity index (χ2n) is 4.46. The van der Waals surface area contributed by atoms with E-state index < -0.39 is 5.97 Å². The number of carboxylic acids is 1. The van der Waals surface area contributed by atoms with Crippen LogP contribution in [0.2, 0.25) is 0 Å². The minimum atomic E-state index is -0.898. The third-order valence-electron chi connectivity index (χ3n) is 2.97. The maximum Gasteiger partial charge on any atom is 0.313 e. The lowest BCUT2D eigenvalue weighted by Crippen LogP contribution is -2.49. The number of hydrogen-bond acceptors (Lipinski definition) is 6. The van der Waals surface area contributed by atoms with Crippen molar-refractivity contribution in [1.29, 1.82) is 0 Å². The van der Waals surface area contributed by atoms with Crippen LogP contribution in [0.1, 0.15) is 0 Å². The standard InChI is InChI=1S/C12H15BrN4O3S/c13-9-5-14-12(15-6-9)17-3-1-16(2-4-17)10(18)7-21-8-11(19)20/h5-6H,1-4,7-8H2,(H,19,20). The molecule has 1 amide bonds. The van der Waals surface area contributed by atoms with E-state index in [2.05, 4.69) is 25.9 Å². The van der Waals surface area contributed by atoms with Crippen molar-refractivity contribution in [2.45, 2.75) is 0 Å². The number of thioether (sulfide) groups is 1. The van der Waals surface area contributed by atoms with Crippen molar-refractivity contribution in [1.82, 2.24) is 14.9 Å². The number of hydrogen-bond donors (Lipinski definition) is 1. The Bertz CT molecular complexity index is 506. The molecule has 0 unspecified atom stereocenters. The Morgan fingerprint density at radius 3 is 2.38 bits per heavy atom. The molecular formula is C12H15BrN4O3S. The molecule has 1 fully saturated rings. The number of carbonyl (C=O) groups excluding carboxylic acids is 1. The summed E-state index contributed by atoms with van der Waals surface area (Å²) in [6.45, 7) is 2.56. The van der Waals surface area contributed by atoms with E-state index in [1.807, 2.05) is 4.90 Å². The van der Waals surface area contributed by atoms with E-state index >= 15 is 0 Å². The summed E-state index contributed by atoms with van der Waals surface area (Å²) in [5.41, 5.74) is 0. The normalized spacial score (nSPS) is 15.1. The number of nitrogens with zero attached hydrogens (tertiary/aromatic N) is 4. The van der Waals surface area contributed by atoms with Crippen LogP contribution in [0.4, 0.5) is 5.95 Å². The molecule has 1 aromatic heterocycles. The number of carbonyl (C=O) groups is 2. The van der Waals surface area contributed by atoms with Gasteiger partial charge >= 0.3 is 5.97 Å². The highest BCUT2D eigenvalue weighted by molar-refractivity contribution is 9.10. The fourth-order valence-corrected chi connectivity index (χ4v) is 2.78. The molecule has 0 spiro atoms. The van der Waals surface area contributed by atoms with Gasteiger partial charge in [-0.25, -0.2) is 9.97 Å². The Kier molecular flexibility index (Phi) is 5.80. The third kappa shape index (κ3) is 4.85. The Hall–Kier alpha value is -1.35. The topological polar surface area (TPSA) is 86.6 Å². The van der Waals surface area contributed by atoms with Gasteiger partial charge in [-0.3, -0.25) is 9.59 Å². The maximum atomic E-state index is 11.9. The molecule has 1 N–H and O–H groups in total. The van der Waals surface area contributed by atoms with Crippen molar-refractivity contribution in [2.75, 3.05) is 42.6 Å². The van der Waals surface area contributed by atoms with Crippen molar-refractivity contribution in [3.8, 4) is 0 Å². The maximum absolute atomic E-state index is 11.9. The molecule has 0 radical (unpaired) electrons. The first-order valence-electron chi connectivity index (χ1n) is 6.36. The summed E-state index contributed by atoms with van der Waals surface area (Å²) in [6, 6.07) is 0. The zero-order valence-electron chi connectivity index (χ0n) is 11.2. The zero-order chi connectivity index (χ0) is 15.2. The molecular weight excluding hydrogens is 360 g/mol. The van der Waals surface area contributed by atoms with Crippen LogP contribution in [-0.2, 0) is 9.59 Å². The molecule has 0 saturated carbocycles. The van der Waals surface area contributed by atoms with E-state index in [-0.39, 0.29) is 17.4 Å². The lowest BCUT2D eigenvalue weighted by molar-refractivity contribution is -0.133. The van der Waals surface area contributed by atoms with Gasteiger partial charge in [0.1, 0.15) is 0 Å². The number of anilines is 1. The first-order chi connectivity index (χ1) is 10.1. The van der Waals surface area contributed by atoms with Gasteiger partial charge in [-0.1, -0.05) is 0 Å². The molecule has 9 heteroatoms. The number of amides is 1. The molecule has 1 aliphatic heterocycles. The first kappa shape index (κ1) is 16.0. The van der Waals surface area contributed by atoms with Gasteiger partial charge in [0.05, 0.1) is 16.0 Å². The van der Waals surface area contributed by atoms with E-state index in [0.29, 0.717) is 32.1 Å². The Morgan fingerprint density at radius 1 is 1.19 bits per heavy atom. The van der Waals surface area contributed by atoms with Crippen LogP contribution in [0.5, 0.6) is 0 Å². The van der Waals surface area contributed by atoms with Crippen molar-refractivity contribution in [2.24, 2.45) is 0 Å². The summed E-state index contributed by atoms with van der Waals surface area (Å²) in [5, 5.41) is 8.55. The molecule has 0 aliphatic carbocycles. The van der Waals surface area contributed by atoms with Crippen LogP contribution < -0.4 is 4.90 Å². The summed E-state index contributed by atoms with van der Waals surface area (Å²) in [4.78, 5) is 34.6. The zero-order valence-corrected chi connectivity index (χ0v) is 13.6. The molecule has 0 bridgehead atoms. The molecule has 1 aromatic rings. The van der Waals surface area contributed by atoms with E-state index in [1.165, 1.54) is 0 Å². The highest BCUT2D eigenvalue weighted by Gasteiger charge is 2.22. The van der Waals surface area contributed by atoms with Gasteiger partial charge in [-0.2, -0.15) is 0 Å². The van der Waals surface area contributed by atoms with Crippen LogP contribution in [0.3, 0.4) is 0 Å². The highest BCUT2D eigenvalue weighted by Crippen LogP contribution is 2.14. The third-order valence-corrected chi connectivity index (χ3v) is 4.28. The average molecular weight is 375 g/mol. The van der Waals surface area contributed by atoms with Crippen LogP contribution in [0, 0.1) is 0 Å². The lowest BCUT2D eigenvalue weighted by atomic mass is 10.3. The predicted octanol–water partition coefficient (Wildman–Crippen LogP) is 0.705. The van der Waals surface area contributed by atoms with Gasteiger partial charge in [-0.05, 0) is 15.9 Å². The summed E-state index contributed by atoms with van der Waals surface area (Å²) >= 11 is 4.42. The number of rotatable bonds is 5. The van der Waals surface area contributed by atoms with Gasteiger partial charge in [0.2, 0.25) is 11.9 Å². The largest absolute Gasteiger partial charge is 0.481 e. The number of halogens is 1. The Morgan fingerprint density at radius 2 is 1.81 bits per heavy atom. The Balaban J connectivity index is 1.78. The molecule has 2 heterocycles. The van der Waals surface area contributed by atoms with Crippen LogP contribution in [-0.4, -0.2) is 69.5 Å². The van der Waals surface area contributed by atoms with Gasteiger partial charge < -0.3 is 14.9 Å². The fraction of sp³-hybridized carbons (Fsp3) is 0.500. The number of aliphatic carboxylic acids is 1. The van der Waals surface area contributed by atoms with Crippen molar-refractivity contribution in [3.05, 3.63) is 16.9 Å². The van der Waals surface area contributed by atoms with Crippen LogP contribution in [0.15, 0.2) is 16.9 Å².